The zero-order valence-electron chi connectivity index (χ0n) is 21.8. The molecule has 2 heterocycles. The maximum absolute atomic E-state index is 13.6. The Morgan fingerprint density at radius 1 is 1.03 bits per heavy atom. The molecule has 0 saturated carbocycles. The molecule has 2 atom stereocenters. The molecular formula is C30H29N5O3S. The first-order chi connectivity index (χ1) is 18.9. The number of carbonyl (C=O) groups excluding carboxylic acids is 3. The second kappa shape index (κ2) is 11.7. The van der Waals surface area contributed by atoms with E-state index in [2.05, 4.69) is 15.6 Å². The average Bonchev–Trinajstić information content (AvgIpc) is 3.27. The van der Waals surface area contributed by atoms with Gasteiger partial charge in [-0.05, 0) is 48.7 Å². The number of nitrogens with zero attached hydrogens (tertiary/aromatic N) is 3. The Labute approximate surface area is 231 Å². The number of hydrogen-bond donors (Lipinski definition) is 2. The predicted molar refractivity (Wildman–Crippen MR) is 155 cm³/mol. The van der Waals surface area contributed by atoms with Gasteiger partial charge in [-0.15, -0.1) is 0 Å². The van der Waals surface area contributed by atoms with Gasteiger partial charge in [0.25, 0.3) is 5.91 Å². The molecule has 198 valence electrons. The molecule has 39 heavy (non-hydrogen) atoms. The monoisotopic (exact) mass is 539 g/mol. The largest absolute Gasteiger partial charge is 0.352 e. The molecule has 3 aromatic carbocycles. The Morgan fingerprint density at radius 3 is 2.56 bits per heavy atom. The highest BCUT2D eigenvalue weighted by molar-refractivity contribution is 8.15. The van der Waals surface area contributed by atoms with Gasteiger partial charge in [-0.1, -0.05) is 73.3 Å². The summed E-state index contributed by atoms with van der Waals surface area (Å²) in [7, 11) is 0. The van der Waals surface area contributed by atoms with Crippen LogP contribution in [0.2, 0.25) is 0 Å². The van der Waals surface area contributed by atoms with Gasteiger partial charge in [0, 0.05) is 17.8 Å². The topological polar surface area (TPSA) is 103 Å². The highest BCUT2D eigenvalue weighted by atomic mass is 32.2. The van der Waals surface area contributed by atoms with Gasteiger partial charge in [0.05, 0.1) is 17.4 Å². The van der Waals surface area contributed by atoms with Crippen LogP contribution in [0.25, 0.3) is 0 Å². The van der Waals surface area contributed by atoms with Crippen molar-refractivity contribution in [3.05, 3.63) is 95.6 Å². The molecule has 0 aromatic heterocycles. The fourth-order valence-electron chi connectivity index (χ4n) is 4.45. The summed E-state index contributed by atoms with van der Waals surface area (Å²) in [5.41, 5.74) is 4.13. The number of amides is 3. The number of para-hydroxylation sites is 1. The van der Waals surface area contributed by atoms with Crippen LogP contribution in [-0.4, -0.2) is 44.9 Å². The minimum Gasteiger partial charge on any atom is -0.352 e. The van der Waals surface area contributed by atoms with Gasteiger partial charge in [0.2, 0.25) is 11.8 Å². The molecule has 0 aliphatic carbocycles. The normalized spacial score (nSPS) is 16.5. The van der Waals surface area contributed by atoms with Gasteiger partial charge in [0.1, 0.15) is 11.9 Å². The van der Waals surface area contributed by atoms with E-state index in [0.29, 0.717) is 29.7 Å². The molecule has 2 aliphatic heterocycles. The first-order valence-electron chi connectivity index (χ1n) is 12.9. The fourth-order valence-corrected chi connectivity index (χ4v) is 5.47. The van der Waals surface area contributed by atoms with Crippen LogP contribution in [0.5, 0.6) is 0 Å². The van der Waals surface area contributed by atoms with Crippen molar-refractivity contribution >= 4 is 51.9 Å². The lowest BCUT2D eigenvalue weighted by molar-refractivity contribution is -0.128. The van der Waals surface area contributed by atoms with Gasteiger partial charge >= 0.3 is 0 Å². The smallest absolute Gasteiger partial charge is 0.259 e. The quantitative estimate of drug-likeness (QED) is 0.429. The Morgan fingerprint density at radius 2 is 1.79 bits per heavy atom. The summed E-state index contributed by atoms with van der Waals surface area (Å²) in [6, 6.07) is 23.8. The average molecular weight is 540 g/mol. The van der Waals surface area contributed by atoms with Crippen molar-refractivity contribution in [2.75, 3.05) is 5.32 Å². The van der Waals surface area contributed by atoms with Crippen LogP contribution in [-0.2, 0) is 20.9 Å². The molecule has 0 unspecified atom stereocenters. The fraction of sp³-hybridized carbons (Fsp3) is 0.233. The Balaban J connectivity index is 1.34. The molecule has 9 heteroatoms. The highest BCUT2D eigenvalue weighted by Crippen LogP contribution is 2.35. The molecule has 0 radical (unpaired) electrons. The van der Waals surface area contributed by atoms with Crippen LogP contribution >= 0.6 is 11.8 Å². The number of nitrogens with one attached hydrogen (secondary N) is 2. The standard InChI is InChI=1S/C30H29N5O3S/c1-3-25(28(37)32-21-13-9-10-19(2)16-21)39-30-34-23-15-8-7-14-22(23)27-33-24(29(38)35(27)30)17-26(36)31-18-20-11-5-4-6-12-20/h4-16,24-25H,3,17-18H2,1-2H3,(H,31,36)(H,32,37)/t24-,25-/m0/s1. The van der Waals surface area contributed by atoms with Crippen molar-refractivity contribution in [3.63, 3.8) is 0 Å². The van der Waals surface area contributed by atoms with Crippen LogP contribution in [0.1, 0.15) is 36.5 Å². The van der Waals surface area contributed by atoms with Gasteiger partial charge in [0.15, 0.2) is 5.17 Å². The molecule has 2 aliphatic rings. The van der Waals surface area contributed by atoms with Crippen molar-refractivity contribution in [1.82, 2.24) is 10.2 Å². The molecule has 3 aromatic rings. The lowest BCUT2D eigenvalue weighted by atomic mass is 10.1. The van der Waals surface area contributed by atoms with Crippen molar-refractivity contribution in [3.8, 4) is 0 Å². The number of fused-ring (bicyclic) bond motifs is 3. The molecule has 2 N–H and O–H groups in total. The summed E-state index contributed by atoms with van der Waals surface area (Å²) >= 11 is 1.23. The molecule has 0 fully saturated rings. The minimum absolute atomic E-state index is 0.0726. The van der Waals surface area contributed by atoms with E-state index in [0.717, 1.165) is 22.4 Å². The molecule has 3 amide bonds. The summed E-state index contributed by atoms with van der Waals surface area (Å²) in [6.45, 7) is 4.26. The summed E-state index contributed by atoms with van der Waals surface area (Å²) in [5, 5.41) is 5.74. The molecule has 8 nitrogen and oxygen atoms in total. The second-order valence-corrected chi connectivity index (χ2v) is 10.6. The molecule has 0 saturated heterocycles. The number of benzene rings is 3. The summed E-state index contributed by atoms with van der Waals surface area (Å²) in [5.74, 6) is -0.293. The van der Waals surface area contributed by atoms with Gasteiger partial charge in [-0.2, -0.15) is 0 Å². The third-order valence-corrected chi connectivity index (χ3v) is 7.77. The number of carbonyl (C=O) groups is 3. The minimum atomic E-state index is -0.867. The van der Waals surface area contributed by atoms with Gasteiger partial charge in [-0.25, -0.2) is 9.89 Å². The van der Waals surface area contributed by atoms with E-state index >= 15 is 0 Å². The highest BCUT2D eigenvalue weighted by Gasteiger charge is 2.43. The zero-order chi connectivity index (χ0) is 27.4. The van der Waals surface area contributed by atoms with Crippen LogP contribution < -0.4 is 10.6 Å². The van der Waals surface area contributed by atoms with E-state index in [1.807, 2.05) is 92.7 Å². The van der Waals surface area contributed by atoms with E-state index < -0.39 is 11.3 Å². The Kier molecular flexibility index (Phi) is 7.88. The van der Waals surface area contributed by atoms with Crippen molar-refractivity contribution in [2.24, 2.45) is 9.98 Å². The first kappa shape index (κ1) is 26.4. The Bertz CT molecular complexity index is 1470. The van der Waals surface area contributed by atoms with Crippen molar-refractivity contribution in [1.29, 1.82) is 0 Å². The van der Waals surface area contributed by atoms with E-state index in [1.165, 1.54) is 16.7 Å². The number of amidine groups is 2. The van der Waals surface area contributed by atoms with E-state index in [9.17, 15) is 14.4 Å². The molecule has 0 bridgehead atoms. The van der Waals surface area contributed by atoms with E-state index in [-0.39, 0.29) is 24.1 Å². The lowest BCUT2D eigenvalue weighted by Gasteiger charge is -2.27. The zero-order valence-corrected chi connectivity index (χ0v) is 22.6. The molecular weight excluding hydrogens is 510 g/mol. The molecule has 0 spiro atoms. The van der Waals surface area contributed by atoms with Gasteiger partial charge in [-0.3, -0.25) is 19.4 Å². The summed E-state index contributed by atoms with van der Waals surface area (Å²) in [4.78, 5) is 50.3. The number of aliphatic imine (C=N–C) groups is 2. The molecule has 5 rings (SSSR count). The maximum Gasteiger partial charge on any atom is 0.259 e. The van der Waals surface area contributed by atoms with E-state index in [1.54, 1.807) is 0 Å². The van der Waals surface area contributed by atoms with Crippen LogP contribution in [0.4, 0.5) is 11.4 Å². The number of hydrogen-bond acceptors (Lipinski definition) is 6. The number of rotatable bonds is 8. The summed E-state index contributed by atoms with van der Waals surface area (Å²) < 4.78 is 0. The third-order valence-electron chi connectivity index (χ3n) is 6.46. The SMILES string of the molecule is CC[C@H](SC1=Nc2ccccc2C2=N[C@@H](CC(=O)NCc3ccccc3)C(=O)N12)C(=O)Nc1cccc(C)c1. The maximum atomic E-state index is 13.6. The predicted octanol–water partition coefficient (Wildman–Crippen LogP) is 4.81. The summed E-state index contributed by atoms with van der Waals surface area (Å²) in [6.07, 6.45) is 0.458. The number of thioether (sulfide) groups is 1. The van der Waals surface area contributed by atoms with Crippen LogP contribution in [0, 0.1) is 6.92 Å². The van der Waals surface area contributed by atoms with Crippen LogP contribution in [0.15, 0.2) is 88.8 Å². The van der Waals surface area contributed by atoms with Crippen molar-refractivity contribution < 1.29 is 14.4 Å². The first-order valence-corrected chi connectivity index (χ1v) is 13.8. The lowest BCUT2D eigenvalue weighted by Crippen LogP contribution is -2.43. The Hall–Kier alpha value is -4.24. The van der Waals surface area contributed by atoms with Crippen molar-refractivity contribution in [2.45, 2.75) is 44.5 Å². The number of aryl methyl sites for hydroxylation is 1. The van der Waals surface area contributed by atoms with Crippen LogP contribution in [0.3, 0.4) is 0 Å². The number of anilines is 1. The van der Waals surface area contributed by atoms with E-state index in [4.69, 9.17) is 4.99 Å². The second-order valence-electron chi connectivity index (χ2n) is 9.39. The van der Waals surface area contributed by atoms with Gasteiger partial charge < -0.3 is 10.6 Å². The third kappa shape index (κ3) is 5.93.